The van der Waals surface area contributed by atoms with Crippen LogP contribution in [0.1, 0.15) is 25.0 Å². The van der Waals surface area contributed by atoms with E-state index in [1.165, 1.54) is 5.56 Å². The summed E-state index contributed by atoms with van der Waals surface area (Å²) in [5, 5.41) is 1.70. The second-order valence-corrected chi connectivity index (χ2v) is 3.63. The second kappa shape index (κ2) is 5.43. The number of benzene rings is 1. The highest BCUT2D eigenvalue weighted by Crippen LogP contribution is 2.25. The maximum Gasteiger partial charge on any atom is 0.138 e. The van der Waals surface area contributed by atoms with Crippen molar-refractivity contribution < 1.29 is 9.57 Å². The maximum atomic E-state index is 5.64. The molecule has 0 spiro atoms. The van der Waals surface area contributed by atoms with Gasteiger partial charge in [-0.2, -0.15) is 0 Å². The molecule has 2 rings (SSSR count). The SMILES string of the molecule is CCOC1Cc2ccccc2[C]N1OCC. The topological polar surface area (TPSA) is 21.7 Å². The molecule has 0 aromatic heterocycles. The fourth-order valence-corrected chi connectivity index (χ4v) is 1.84. The van der Waals surface area contributed by atoms with Crippen molar-refractivity contribution in [1.82, 2.24) is 5.06 Å². The first kappa shape index (κ1) is 11.6. The van der Waals surface area contributed by atoms with E-state index in [0.717, 1.165) is 12.0 Å². The molecule has 0 saturated carbocycles. The summed E-state index contributed by atoms with van der Waals surface area (Å²) in [7, 11) is 0. The molecule has 2 radical (unpaired) electrons. The Morgan fingerprint density at radius 3 is 2.88 bits per heavy atom. The van der Waals surface area contributed by atoms with Gasteiger partial charge in [-0.05, 0) is 25.0 Å². The van der Waals surface area contributed by atoms with E-state index in [2.05, 4.69) is 12.6 Å². The van der Waals surface area contributed by atoms with Crippen LogP contribution >= 0.6 is 0 Å². The molecule has 16 heavy (non-hydrogen) atoms. The summed E-state index contributed by atoms with van der Waals surface area (Å²) in [6.45, 7) is 8.48. The number of hydrogen-bond acceptors (Lipinski definition) is 3. The van der Waals surface area contributed by atoms with Gasteiger partial charge in [0, 0.05) is 13.0 Å². The van der Waals surface area contributed by atoms with Crippen LogP contribution in [0.3, 0.4) is 0 Å². The lowest BCUT2D eigenvalue weighted by atomic mass is 10.00. The smallest absolute Gasteiger partial charge is 0.138 e. The number of rotatable bonds is 4. The Labute approximate surface area is 96.9 Å². The first-order chi connectivity index (χ1) is 7.85. The predicted octanol–water partition coefficient (Wildman–Crippen LogP) is 2.25. The van der Waals surface area contributed by atoms with E-state index >= 15 is 0 Å². The molecule has 0 N–H and O–H groups in total. The minimum absolute atomic E-state index is 0.0557. The van der Waals surface area contributed by atoms with E-state index in [4.69, 9.17) is 9.57 Å². The van der Waals surface area contributed by atoms with Crippen molar-refractivity contribution in [2.75, 3.05) is 13.2 Å². The van der Waals surface area contributed by atoms with Crippen molar-refractivity contribution in [3.63, 3.8) is 0 Å². The van der Waals surface area contributed by atoms with Crippen LogP contribution in [0.4, 0.5) is 0 Å². The van der Waals surface area contributed by atoms with Crippen LogP contribution in [0.5, 0.6) is 0 Å². The van der Waals surface area contributed by atoms with Gasteiger partial charge < -0.3 is 4.74 Å². The average Bonchev–Trinajstić information content (AvgIpc) is 2.30. The summed E-state index contributed by atoms with van der Waals surface area (Å²) in [4.78, 5) is 5.50. The van der Waals surface area contributed by atoms with Crippen LogP contribution in [0.15, 0.2) is 24.3 Å². The highest BCUT2D eigenvalue weighted by atomic mass is 16.7. The second-order valence-electron chi connectivity index (χ2n) is 3.63. The normalized spacial score (nSPS) is 20.8. The quantitative estimate of drug-likeness (QED) is 0.775. The zero-order valence-corrected chi connectivity index (χ0v) is 9.77. The highest BCUT2D eigenvalue weighted by molar-refractivity contribution is 5.34. The highest BCUT2D eigenvalue weighted by Gasteiger charge is 2.27. The van der Waals surface area contributed by atoms with Crippen molar-refractivity contribution in [2.24, 2.45) is 0 Å². The molecule has 86 valence electrons. The molecule has 0 aliphatic carbocycles. The molecule has 1 heterocycles. The monoisotopic (exact) mass is 219 g/mol. The van der Waals surface area contributed by atoms with Crippen molar-refractivity contribution in [3.8, 4) is 0 Å². The Morgan fingerprint density at radius 1 is 1.31 bits per heavy atom. The van der Waals surface area contributed by atoms with Crippen LogP contribution in [0.25, 0.3) is 0 Å². The molecule has 3 heteroatoms. The Bertz CT molecular complexity index is 307. The Morgan fingerprint density at radius 2 is 2.12 bits per heavy atom. The summed E-state index contributed by atoms with van der Waals surface area (Å²) in [6, 6.07) is 8.21. The molecule has 0 amide bonds. The van der Waals surface area contributed by atoms with Gasteiger partial charge in [0.05, 0.1) is 6.61 Å². The Hall–Kier alpha value is -0.900. The third kappa shape index (κ3) is 2.43. The van der Waals surface area contributed by atoms with Crippen LogP contribution in [0.2, 0.25) is 0 Å². The lowest BCUT2D eigenvalue weighted by molar-refractivity contribution is -0.231. The van der Waals surface area contributed by atoms with Gasteiger partial charge in [0.15, 0.2) is 0 Å². The number of hydrogen-bond donors (Lipinski definition) is 0. The van der Waals surface area contributed by atoms with Gasteiger partial charge >= 0.3 is 0 Å². The van der Waals surface area contributed by atoms with Gasteiger partial charge in [0.1, 0.15) is 12.8 Å². The molecule has 0 saturated heterocycles. The Kier molecular flexibility index (Phi) is 3.93. The number of hydroxylamine groups is 2. The van der Waals surface area contributed by atoms with Gasteiger partial charge in [-0.15, -0.1) is 5.06 Å². The van der Waals surface area contributed by atoms with Crippen LogP contribution < -0.4 is 0 Å². The summed E-state index contributed by atoms with van der Waals surface area (Å²) in [5.41, 5.74) is 2.35. The van der Waals surface area contributed by atoms with Crippen molar-refractivity contribution in [3.05, 3.63) is 41.9 Å². The van der Waals surface area contributed by atoms with Gasteiger partial charge in [0.25, 0.3) is 0 Å². The Balaban J connectivity index is 2.15. The van der Waals surface area contributed by atoms with Gasteiger partial charge in [0.2, 0.25) is 0 Å². The molecule has 0 bridgehead atoms. The number of nitrogens with zero attached hydrogens (tertiary/aromatic N) is 1. The molecule has 1 aromatic rings. The number of fused-ring (bicyclic) bond motifs is 1. The van der Waals surface area contributed by atoms with Gasteiger partial charge in [-0.3, -0.25) is 4.84 Å². The molecule has 1 aliphatic heterocycles. The van der Waals surface area contributed by atoms with Crippen molar-refractivity contribution in [1.29, 1.82) is 0 Å². The zero-order chi connectivity index (χ0) is 11.4. The van der Waals surface area contributed by atoms with E-state index in [9.17, 15) is 0 Å². The minimum atomic E-state index is -0.0557. The van der Waals surface area contributed by atoms with E-state index < -0.39 is 0 Å². The fraction of sp³-hybridized carbons (Fsp3) is 0.462. The largest absolute Gasteiger partial charge is 0.361 e. The summed E-state index contributed by atoms with van der Waals surface area (Å²) in [6.07, 6.45) is 0.789. The predicted molar refractivity (Wildman–Crippen MR) is 61.4 cm³/mol. The van der Waals surface area contributed by atoms with Crippen LogP contribution in [-0.2, 0) is 16.0 Å². The first-order valence-corrected chi connectivity index (χ1v) is 5.73. The zero-order valence-electron chi connectivity index (χ0n) is 9.77. The number of ether oxygens (including phenoxy) is 1. The van der Waals surface area contributed by atoms with Crippen LogP contribution in [0, 0.1) is 6.54 Å². The minimum Gasteiger partial charge on any atom is -0.361 e. The van der Waals surface area contributed by atoms with Crippen molar-refractivity contribution in [2.45, 2.75) is 26.5 Å². The third-order valence-corrected chi connectivity index (χ3v) is 2.53. The van der Waals surface area contributed by atoms with Crippen LogP contribution in [-0.4, -0.2) is 24.5 Å². The maximum absolute atomic E-state index is 5.64. The summed E-state index contributed by atoms with van der Waals surface area (Å²) < 4.78 is 5.64. The molecule has 1 unspecified atom stereocenters. The molecular formula is C13H17NO2. The van der Waals surface area contributed by atoms with E-state index in [-0.39, 0.29) is 6.23 Å². The third-order valence-electron chi connectivity index (χ3n) is 2.53. The lowest BCUT2D eigenvalue weighted by Gasteiger charge is -2.33. The summed E-state index contributed by atoms with van der Waals surface area (Å²) >= 11 is 0. The summed E-state index contributed by atoms with van der Waals surface area (Å²) in [5.74, 6) is 0. The van der Waals surface area contributed by atoms with E-state index in [0.29, 0.717) is 13.2 Å². The first-order valence-electron chi connectivity index (χ1n) is 5.73. The molecule has 1 aromatic carbocycles. The molecule has 3 nitrogen and oxygen atoms in total. The molecule has 1 atom stereocenters. The lowest BCUT2D eigenvalue weighted by Crippen LogP contribution is -2.40. The van der Waals surface area contributed by atoms with E-state index in [1.807, 2.05) is 32.0 Å². The molecule has 1 aliphatic rings. The van der Waals surface area contributed by atoms with E-state index in [1.54, 1.807) is 5.06 Å². The fourth-order valence-electron chi connectivity index (χ4n) is 1.84. The van der Waals surface area contributed by atoms with Gasteiger partial charge in [-0.1, -0.05) is 24.3 Å². The van der Waals surface area contributed by atoms with Crippen molar-refractivity contribution >= 4 is 0 Å². The molecular weight excluding hydrogens is 202 g/mol. The van der Waals surface area contributed by atoms with Gasteiger partial charge in [-0.25, -0.2) is 0 Å². The molecule has 0 fully saturated rings. The average molecular weight is 219 g/mol. The standard InChI is InChI=1S/C13H17NO2/c1-3-15-13-9-11-7-5-6-8-12(11)10-14(13)16-4-2/h5-8,13H,3-4,9H2,1-2H3.